The van der Waals surface area contributed by atoms with Crippen molar-refractivity contribution in [3.8, 4) is 11.1 Å². The largest absolute Gasteiger partial charge is 0.465 e. The Morgan fingerprint density at radius 2 is 2.00 bits per heavy atom. The van der Waals surface area contributed by atoms with Crippen LogP contribution < -0.4 is 0 Å². The minimum atomic E-state index is -0.290. The Bertz CT molecular complexity index is 485. The minimum absolute atomic E-state index is 0.290. The maximum atomic E-state index is 11.6. The fourth-order valence-corrected chi connectivity index (χ4v) is 1.79. The maximum Gasteiger partial charge on any atom is 0.339 e. The molecule has 3 heteroatoms. The van der Waals surface area contributed by atoms with Crippen LogP contribution >= 0.6 is 0 Å². The standard InChI is InChI=1S/C12H13NO2/c1-8-4-5-9-10(8)6-13(2)7-11(9)12(14)15-3/h4-7H,1-3H3. The van der Waals surface area contributed by atoms with E-state index in [0.29, 0.717) is 5.56 Å². The van der Waals surface area contributed by atoms with Gasteiger partial charge in [0.1, 0.15) is 0 Å². The lowest BCUT2D eigenvalue weighted by Crippen LogP contribution is -2.07. The first-order valence-corrected chi connectivity index (χ1v) is 4.77. The summed E-state index contributed by atoms with van der Waals surface area (Å²) < 4.78 is 6.63. The van der Waals surface area contributed by atoms with Crippen molar-refractivity contribution in [2.75, 3.05) is 7.11 Å². The van der Waals surface area contributed by atoms with Gasteiger partial charge in [0.2, 0.25) is 0 Å². The average molecular weight is 203 g/mol. The van der Waals surface area contributed by atoms with Crippen LogP contribution in [0.25, 0.3) is 11.1 Å². The normalized spacial score (nSPS) is 10.6. The molecule has 1 heterocycles. The van der Waals surface area contributed by atoms with Crippen molar-refractivity contribution >= 4 is 5.97 Å². The highest BCUT2D eigenvalue weighted by Gasteiger charge is 2.17. The van der Waals surface area contributed by atoms with Crippen LogP contribution in [0.1, 0.15) is 15.9 Å². The molecule has 0 saturated heterocycles. The van der Waals surface area contributed by atoms with Gasteiger partial charge in [-0.1, -0.05) is 12.1 Å². The van der Waals surface area contributed by atoms with Gasteiger partial charge in [0.25, 0.3) is 0 Å². The van der Waals surface area contributed by atoms with E-state index in [0.717, 1.165) is 11.1 Å². The monoisotopic (exact) mass is 203 g/mol. The van der Waals surface area contributed by atoms with E-state index in [1.165, 1.54) is 12.7 Å². The van der Waals surface area contributed by atoms with Gasteiger partial charge in [-0.3, -0.25) is 0 Å². The van der Waals surface area contributed by atoms with Gasteiger partial charge >= 0.3 is 5.97 Å². The van der Waals surface area contributed by atoms with Crippen LogP contribution in [-0.4, -0.2) is 17.6 Å². The summed E-state index contributed by atoms with van der Waals surface area (Å²) >= 11 is 0. The highest BCUT2D eigenvalue weighted by molar-refractivity contribution is 5.98. The molecule has 78 valence electrons. The Balaban J connectivity index is 2.68. The lowest BCUT2D eigenvalue weighted by molar-refractivity contribution is 0.0600. The number of pyridine rings is 1. The smallest absolute Gasteiger partial charge is 0.339 e. The summed E-state index contributed by atoms with van der Waals surface area (Å²) in [6.07, 6.45) is 3.80. The Labute approximate surface area is 88.6 Å². The third-order valence-corrected chi connectivity index (χ3v) is 2.58. The number of aromatic nitrogens is 1. The Kier molecular flexibility index (Phi) is 2.23. The second-order valence-electron chi connectivity index (χ2n) is 3.67. The van der Waals surface area contributed by atoms with E-state index in [9.17, 15) is 4.79 Å². The van der Waals surface area contributed by atoms with Crippen molar-refractivity contribution in [3.63, 3.8) is 0 Å². The summed E-state index contributed by atoms with van der Waals surface area (Å²) in [6, 6.07) is 3.97. The molecule has 0 aromatic rings. The number of nitrogens with zero attached hydrogens (tertiary/aromatic N) is 1. The van der Waals surface area contributed by atoms with Crippen LogP contribution in [0.15, 0.2) is 24.5 Å². The Morgan fingerprint density at radius 3 is 2.67 bits per heavy atom. The fraction of sp³-hybridized carbons (Fsp3) is 0.250. The maximum absolute atomic E-state index is 11.6. The molecule has 0 saturated carbocycles. The Morgan fingerprint density at radius 1 is 1.27 bits per heavy atom. The quantitative estimate of drug-likeness (QED) is 0.665. The second-order valence-corrected chi connectivity index (χ2v) is 3.67. The summed E-state index contributed by atoms with van der Waals surface area (Å²) in [7, 11) is 3.30. The van der Waals surface area contributed by atoms with Crippen LogP contribution in [0.5, 0.6) is 0 Å². The molecule has 0 atom stereocenters. The van der Waals surface area contributed by atoms with Gasteiger partial charge in [-0.25, -0.2) is 4.79 Å². The first-order chi connectivity index (χ1) is 7.13. The van der Waals surface area contributed by atoms with Gasteiger partial charge in [0, 0.05) is 25.0 Å². The number of ether oxygens (including phenoxy) is 1. The van der Waals surface area contributed by atoms with Crippen molar-refractivity contribution < 1.29 is 9.53 Å². The lowest BCUT2D eigenvalue weighted by Gasteiger charge is -2.10. The van der Waals surface area contributed by atoms with E-state index >= 15 is 0 Å². The van der Waals surface area contributed by atoms with Gasteiger partial charge in [-0.05, 0) is 18.1 Å². The number of fused-ring (bicyclic) bond motifs is 1. The van der Waals surface area contributed by atoms with E-state index < -0.39 is 0 Å². The van der Waals surface area contributed by atoms with Gasteiger partial charge in [0.15, 0.2) is 0 Å². The summed E-state index contributed by atoms with van der Waals surface area (Å²) in [5, 5.41) is 0. The zero-order valence-corrected chi connectivity index (χ0v) is 9.07. The lowest BCUT2D eigenvalue weighted by atomic mass is 10.0. The molecule has 2 aliphatic rings. The fourth-order valence-electron chi connectivity index (χ4n) is 1.79. The molecule has 0 spiro atoms. The van der Waals surface area contributed by atoms with Crippen LogP contribution in [0.3, 0.4) is 0 Å². The molecule has 0 aromatic carbocycles. The molecule has 0 aromatic heterocycles. The minimum Gasteiger partial charge on any atom is -0.465 e. The molecule has 0 N–H and O–H groups in total. The molecule has 1 aliphatic heterocycles. The van der Waals surface area contributed by atoms with Crippen molar-refractivity contribution in [2.24, 2.45) is 7.05 Å². The van der Waals surface area contributed by atoms with E-state index in [-0.39, 0.29) is 5.97 Å². The second kappa shape index (κ2) is 3.42. The third kappa shape index (κ3) is 1.50. The molecule has 1 aliphatic carbocycles. The summed E-state index contributed by atoms with van der Waals surface area (Å²) in [5.74, 6) is -0.290. The molecule has 3 nitrogen and oxygen atoms in total. The molecule has 15 heavy (non-hydrogen) atoms. The molecular formula is C12H13NO2. The first-order valence-electron chi connectivity index (χ1n) is 4.77. The van der Waals surface area contributed by atoms with E-state index in [4.69, 9.17) is 4.74 Å². The molecule has 0 unspecified atom stereocenters. The third-order valence-electron chi connectivity index (χ3n) is 2.58. The topological polar surface area (TPSA) is 31.2 Å². The van der Waals surface area contributed by atoms with E-state index in [1.54, 1.807) is 6.20 Å². The highest BCUT2D eigenvalue weighted by Crippen LogP contribution is 2.30. The number of hydrogen-bond acceptors (Lipinski definition) is 2. The average Bonchev–Trinajstić information content (AvgIpc) is 2.58. The number of methoxy groups -OCH3 is 1. The van der Waals surface area contributed by atoms with Crippen molar-refractivity contribution in [2.45, 2.75) is 6.92 Å². The zero-order chi connectivity index (χ0) is 11.0. The van der Waals surface area contributed by atoms with Gasteiger partial charge in [-0.15, -0.1) is 0 Å². The van der Waals surface area contributed by atoms with Crippen molar-refractivity contribution in [1.29, 1.82) is 0 Å². The van der Waals surface area contributed by atoms with Gasteiger partial charge in [-0.2, -0.15) is 0 Å². The van der Waals surface area contributed by atoms with Gasteiger partial charge in [0.05, 0.1) is 12.7 Å². The molecule has 0 fully saturated rings. The SMILES string of the molecule is COC(=O)c1cn(C)cc2c(C)ccc1-2. The number of carbonyl (C=O) groups is 1. The predicted octanol–water partition coefficient (Wildman–Crippen LogP) is 2.22. The predicted molar refractivity (Wildman–Crippen MR) is 58.1 cm³/mol. The molecule has 0 bridgehead atoms. The number of esters is 1. The van der Waals surface area contributed by atoms with Crippen molar-refractivity contribution in [3.05, 3.63) is 35.7 Å². The van der Waals surface area contributed by atoms with E-state index in [2.05, 4.69) is 0 Å². The molecule has 2 rings (SSSR count). The van der Waals surface area contributed by atoms with Crippen molar-refractivity contribution in [1.82, 2.24) is 4.57 Å². The summed E-state index contributed by atoms with van der Waals surface area (Å²) in [5.41, 5.74) is 3.84. The summed E-state index contributed by atoms with van der Waals surface area (Å²) in [6.45, 7) is 2.03. The highest BCUT2D eigenvalue weighted by atomic mass is 16.5. The first kappa shape index (κ1) is 9.77. The van der Waals surface area contributed by atoms with Crippen LogP contribution in [-0.2, 0) is 11.8 Å². The molecule has 0 amide bonds. The number of hydrogen-bond donors (Lipinski definition) is 0. The molecule has 0 radical (unpaired) electrons. The van der Waals surface area contributed by atoms with Gasteiger partial charge < -0.3 is 9.30 Å². The van der Waals surface area contributed by atoms with Crippen LogP contribution in [0, 0.1) is 6.92 Å². The number of carbonyl (C=O) groups excluding carboxylic acids is 1. The zero-order valence-electron chi connectivity index (χ0n) is 9.07. The number of aryl methyl sites for hydroxylation is 2. The molecular weight excluding hydrogens is 190 g/mol. The van der Waals surface area contributed by atoms with Crippen LogP contribution in [0.4, 0.5) is 0 Å². The van der Waals surface area contributed by atoms with Crippen LogP contribution in [0.2, 0.25) is 0 Å². The van der Waals surface area contributed by atoms with E-state index in [1.807, 2.05) is 36.9 Å². The number of rotatable bonds is 1. The summed E-state index contributed by atoms with van der Waals surface area (Å²) in [4.78, 5) is 11.6. The Hall–Kier alpha value is -1.77.